The lowest BCUT2D eigenvalue weighted by molar-refractivity contribution is -0.138. The van der Waals surface area contributed by atoms with E-state index in [2.05, 4.69) is 5.32 Å². The van der Waals surface area contributed by atoms with Crippen molar-refractivity contribution in [1.29, 1.82) is 0 Å². The van der Waals surface area contributed by atoms with Gasteiger partial charge in [0.05, 0.1) is 0 Å². The van der Waals surface area contributed by atoms with Gasteiger partial charge in [-0.3, -0.25) is 4.79 Å². The van der Waals surface area contributed by atoms with Crippen LogP contribution in [0.25, 0.3) is 0 Å². The summed E-state index contributed by atoms with van der Waals surface area (Å²) in [5, 5.41) is 21.3. The lowest BCUT2D eigenvalue weighted by Gasteiger charge is -2.21. The first-order valence-corrected chi connectivity index (χ1v) is 6.08. The summed E-state index contributed by atoms with van der Waals surface area (Å²) in [6.45, 7) is 0.0739. The molecule has 1 aliphatic rings. The van der Waals surface area contributed by atoms with Gasteiger partial charge in [0.1, 0.15) is 6.04 Å². The van der Waals surface area contributed by atoms with E-state index in [1.807, 2.05) is 24.3 Å². The molecule has 1 aromatic carbocycles. The minimum atomic E-state index is -0.984. The standard InChI is InChI=1S/C13H18N2O3/c14-10(13(17)18)7-9-8-3-1-2-4-11(8)15-12(9)5-6-16/h1-4,9-10,12,15-16H,5-7,14H2,(H,17,18)/t9-,10-,12+/m0/s1. The maximum absolute atomic E-state index is 10.9. The Balaban J connectivity index is 2.20. The number of nitrogens with two attached hydrogens (primary N) is 1. The Morgan fingerprint density at radius 1 is 1.44 bits per heavy atom. The molecule has 1 aliphatic heterocycles. The minimum absolute atomic E-state index is 0.0412. The van der Waals surface area contributed by atoms with Crippen molar-refractivity contribution in [2.45, 2.75) is 30.8 Å². The smallest absolute Gasteiger partial charge is 0.320 e. The van der Waals surface area contributed by atoms with Gasteiger partial charge in [-0.05, 0) is 24.5 Å². The Labute approximate surface area is 106 Å². The zero-order valence-electron chi connectivity index (χ0n) is 10.0. The van der Waals surface area contributed by atoms with Gasteiger partial charge in [0.2, 0.25) is 0 Å². The number of nitrogens with one attached hydrogen (secondary N) is 1. The third-order valence-corrected chi connectivity index (χ3v) is 3.45. The van der Waals surface area contributed by atoms with E-state index in [9.17, 15) is 4.79 Å². The van der Waals surface area contributed by atoms with Crippen LogP contribution < -0.4 is 11.1 Å². The Morgan fingerprint density at radius 3 is 2.83 bits per heavy atom. The zero-order valence-corrected chi connectivity index (χ0v) is 10.0. The normalized spacial score (nSPS) is 23.2. The molecule has 2 rings (SSSR count). The summed E-state index contributed by atoms with van der Waals surface area (Å²) in [4.78, 5) is 10.9. The Hall–Kier alpha value is -1.59. The first kappa shape index (κ1) is 12.9. The fraction of sp³-hybridized carbons (Fsp3) is 0.462. The molecule has 5 heteroatoms. The molecule has 0 saturated carbocycles. The maximum Gasteiger partial charge on any atom is 0.320 e. The summed E-state index contributed by atoms with van der Waals surface area (Å²) in [7, 11) is 0. The molecule has 1 aromatic rings. The fourth-order valence-electron chi connectivity index (χ4n) is 2.55. The van der Waals surface area contributed by atoms with Crippen molar-refractivity contribution in [2.75, 3.05) is 11.9 Å². The maximum atomic E-state index is 10.9. The number of para-hydroxylation sites is 1. The highest BCUT2D eigenvalue weighted by molar-refractivity contribution is 5.73. The van der Waals surface area contributed by atoms with Crippen molar-refractivity contribution in [1.82, 2.24) is 0 Å². The number of benzene rings is 1. The largest absolute Gasteiger partial charge is 0.480 e. The summed E-state index contributed by atoms with van der Waals surface area (Å²) >= 11 is 0. The van der Waals surface area contributed by atoms with Gasteiger partial charge in [0, 0.05) is 24.3 Å². The number of carboxylic acid groups (broad SMARTS) is 1. The zero-order chi connectivity index (χ0) is 13.1. The number of anilines is 1. The van der Waals surface area contributed by atoms with Crippen molar-refractivity contribution in [3.05, 3.63) is 29.8 Å². The van der Waals surface area contributed by atoms with Gasteiger partial charge in [-0.1, -0.05) is 18.2 Å². The highest BCUT2D eigenvalue weighted by atomic mass is 16.4. The van der Waals surface area contributed by atoms with Crippen LogP contribution in [0.1, 0.15) is 24.3 Å². The van der Waals surface area contributed by atoms with E-state index in [1.54, 1.807) is 0 Å². The summed E-state index contributed by atoms with van der Waals surface area (Å²) in [6, 6.07) is 7.00. The molecule has 3 atom stereocenters. The molecule has 0 aliphatic carbocycles. The lowest BCUT2D eigenvalue weighted by atomic mass is 9.87. The summed E-state index contributed by atoms with van der Waals surface area (Å²) in [6.07, 6.45) is 0.968. The number of rotatable bonds is 5. The van der Waals surface area contributed by atoms with Crippen LogP contribution in [-0.4, -0.2) is 34.9 Å². The van der Waals surface area contributed by atoms with Crippen LogP contribution in [-0.2, 0) is 4.79 Å². The van der Waals surface area contributed by atoms with Crippen LogP contribution in [0.5, 0.6) is 0 Å². The van der Waals surface area contributed by atoms with Crippen molar-refractivity contribution < 1.29 is 15.0 Å². The monoisotopic (exact) mass is 250 g/mol. The lowest BCUT2D eigenvalue weighted by Crippen LogP contribution is -2.35. The van der Waals surface area contributed by atoms with Crippen molar-refractivity contribution in [3.63, 3.8) is 0 Å². The van der Waals surface area contributed by atoms with Crippen molar-refractivity contribution >= 4 is 11.7 Å². The topological polar surface area (TPSA) is 95.6 Å². The first-order valence-electron chi connectivity index (χ1n) is 6.08. The van der Waals surface area contributed by atoms with Crippen LogP contribution >= 0.6 is 0 Å². The van der Waals surface area contributed by atoms with Gasteiger partial charge in [0.15, 0.2) is 0 Å². The van der Waals surface area contributed by atoms with E-state index in [-0.39, 0.29) is 18.6 Å². The van der Waals surface area contributed by atoms with Crippen molar-refractivity contribution in [2.24, 2.45) is 5.73 Å². The second kappa shape index (κ2) is 5.37. The van der Waals surface area contributed by atoms with E-state index in [1.165, 1.54) is 0 Å². The molecule has 0 aromatic heterocycles. The predicted molar refractivity (Wildman–Crippen MR) is 68.5 cm³/mol. The summed E-state index contributed by atoms with van der Waals surface area (Å²) in [5.41, 5.74) is 7.72. The van der Waals surface area contributed by atoms with Gasteiger partial charge in [-0.25, -0.2) is 0 Å². The van der Waals surface area contributed by atoms with Crippen LogP contribution in [0.2, 0.25) is 0 Å². The van der Waals surface area contributed by atoms with Crippen LogP contribution in [0.15, 0.2) is 24.3 Å². The molecule has 18 heavy (non-hydrogen) atoms. The summed E-state index contributed by atoms with van der Waals surface area (Å²) < 4.78 is 0. The highest BCUT2D eigenvalue weighted by Crippen LogP contribution is 2.39. The molecule has 0 bridgehead atoms. The molecule has 98 valence electrons. The number of carbonyl (C=O) groups is 1. The average Bonchev–Trinajstić information content (AvgIpc) is 2.68. The van der Waals surface area contributed by atoms with Crippen LogP contribution in [0.4, 0.5) is 5.69 Å². The number of carboxylic acids is 1. The van der Waals surface area contributed by atoms with E-state index < -0.39 is 12.0 Å². The molecule has 0 fully saturated rings. The third kappa shape index (κ3) is 2.47. The molecule has 0 amide bonds. The number of fused-ring (bicyclic) bond motifs is 1. The molecule has 0 unspecified atom stereocenters. The average molecular weight is 250 g/mol. The summed E-state index contributed by atoms with van der Waals surface area (Å²) in [5.74, 6) is -0.943. The molecular formula is C13H18N2O3. The second-order valence-electron chi connectivity index (χ2n) is 4.64. The molecule has 0 spiro atoms. The molecule has 1 heterocycles. The number of aliphatic carboxylic acids is 1. The van der Waals surface area contributed by atoms with Gasteiger partial charge < -0.3 is 21.3 Å². The number of hydrogen-bond donors (Lipinski definition) is 4. The van der Waals surface area contributed by atoms with Gasteiger partial charge in [0.25, 0.3) is 0 Å². The molecule has 0 radical (unpaired) electrons. The Morgan fingerprint density at radius 2 is 2.17 bits per heavy atom. The first-order chi connectivity index (χ1) is 8.63. The third-order valence-electron chi connectivity index (χ3n) is 3.45. The second-order valence-corrected chi connectivity index (χ2v) is 4.64. The molecule has 0 saturated heterocycles. The minimum Gasteiger partial charge on any atom is -0.480 e. The Kier molecular flexibility index (Phi) is 3.84. The van der Waals surface area contributed by atoms with Crippen LogP contribution in [0, 0.1) is 0 Å². The molecule has 5 N–H and O–H groups in total. The van der Waals surface area contributed by atoms with E-state index in [0.717, 1.165) is 11.3 Å². The van der Waals surface area contributed by atoms with Gasteiger partial charge in [-0.2, -0.15) is 0 Å². The predicted octanol–water partition coefficient (Wildman–Crippen LogP) is 0.749. The Bertz CT molecular complexity index is 436. The highest BCUT2D eigenvalue weighted by Gasteiger charge is 2.33. The quantitative estimate of drug-likeness (QED) is 0.618. The van der Waals surface area contributed by atoms with Crippen LogP contribution in [0.3, 0.4) is 0 Å². The van der Waals surface area contributed by atoms with E-state index in [0.29, 0.717) is 12.8 Å². The fourth-order valence-corrected chi connectivity index (χ4v) is 2.55. The number of aliphatic hydroxyl groups is 1. The number of aliphatic hydroxyl groups excluding tert-OH is 1. The molecule has 5 nitrogen and oxygen atoms in total. The molecular weight excluding hydrogens is 232 g/mol. The van der Waals surface area contributed by atoms with E-state index >= 15 is 0 Å². The van der Waals surface area contributed by atoms with Crippen molar-refractivity contribution in [3.8, 4) is 0 Å². The van der Waals surface area contributed by atoms with Gasteiger partial charge >= 0.3 is 5.97 Å². The van der Waals surface area contributed by atoms with E-state index in [4.69, 9.17) is 15.9 Å². The van der Waals surface area contributed by atoms with Gasteiger partial charge in [-0.15, -0.1) is 0 Å². The number of hydrogen-bond acceptors (Lipinski definition) is 4. The SMILES string of the molecule is N[C@@H](C[C@H]1c2ccccc2N[C@@H]1CCO)C(=O)O.